The fourth-order valence-electron chi connectivity index (χ4n) is 1.92. The maximum absolute atomic E-state index is 12.0. The molecule has 1 aromatic rings. The molecule has 1 N–H and O–H groups in total. The Kier molecular flexibility index (Phi) is 3.24. The van der Waals surface area contributed by atoms with Crippen LogP contribution in [0.2, 0.25) is 0 Å². The van der Waals surface area contributed by atoms with Gasteiger partial charge in [-0.2, -0.15) is 0 Å². The van der Waals surface area contributed by atoms with E-state index in [0.717, 1.165) is 6.42 Å². The zero-order chi connectivity index (χ0) is 11.5. The van der Waals surface area contributed by atoms with Gasteiger partial charge in [0.25, 0.3) is 5.91 Å². The third-order valence-corrected chi connectivity index (χ3v) is 3.65. The molecule has 0 spiro atoms. The van der Waals surface area contributed by atoms with E-state index >= 15 is 0 Å². The molecular formula is C11H13NO3S. The Morgan fingerprint density at radius 3 is 2.94 bits per heavy atom. The summed E-state index contributed by atoms with van der Waals surface area (Å²) >= 11 is 1.40. The van der Waals surface area contributed by atoms with Gasteiger partial charge >= 0.3 is 5.97 Å². The van der Waals surface area contributed by atoms with E-state index in [9.17, 15) is 9.59 Å². The van der Waals surface area contributed by atoms with Crippen LogP contribution in [0.1, 0.15) is 22.5 Å². The second kappa shape index (κ2) is 4.65. The van der Waals surface area contributed by atoms with E-state index in [2.05, 4.69) is 0 Å². The molecule has 4 nitrogen and oxygen atoms in total. The van der Waals surface area contributed by atoms with Crippen LogP contribution in [0.4, 0.5) is 0 Å². The molecule has 0 aromatic carbocycles. The maximum atomic E-state index is 12.0. The van der Waals surface area contributed by atoms with E-state index in [0.29, 0.717) is 24.4 Å². The molecule has 1 amide bonds. The van der Waals surface area contributed by atoms with E-state index in [1.54, 1.807) is 11.0 Å². The fraction of sp³-hybridized carbons (Fsp3) is 0.455. The van der Waals surface area contributed by atoms with Gasteiger partial charge in [0.2, 0.25) is 0 Å². The molecule has 1 fully saturated rings. The molecule has 5 heteroatoms. The van der Waals surface area contributed by atoms with Crippen LogP contribution in [0, 0.1) is 5.92 Å². The van der Waals surface area contributed by atoms with Gasteiger partial charge in [-0.15, -0.1) is 11.3 Å². The highest BCUT2D eigenvalue weighted by molar-refractivity contribution is 7.12. The minimum absolute atomic E-state index is 0.0408. The topological polar surface area (TPSA) is 57.6 Å². The van der Waals surface area contributed by atoms with Gasteiger partial charge in [-0.05, 0) is 24.3 Å². The van der Waals surface area contributed by atoms with E-state index in [4.69, 9.17) is 5.11 Å². The molecule has 1 saturated heterocycles. The SMILES string of the molecule is O=C(O)C1CCCN(C(=O)c2cccs2)C1. The van der Waals surface area contributed by atoms with Crippen LogP contribution in [-0.2, 0) is 4.79 Å². The molecule has 0 aliphatic carbocycles. The number of aliphatic carboxylic acids is 1. The molecule has 1 aliphatic heterocycles. The predicted molar refractivity (Wildman–Crippen MR) is 60.6 cm³/mol. The Bertz CT molecular complexity index is 388. The average molecular weight is 239 g/mol. The molecule has 86 valence electrons. The number of carbonyl (C=O) groups excluding carboxylic acids is 1. The van der Waals surface area contributed by atoms with Crippen molar-refractivity contribution in [3.8, 4) is 0 Å². The smallest absolute Gasteiger partial charge is 0.308 e. The van der Waals surface area contributed by atoms with Crippen LogP contribution < -0.4 is 0 Å². The first-order valence-electron chi connectivity index (χ1n) is 5.24. The Labute approximate surface area is 97.5 Å². The van der Waals surface area contributed by atoms with E-state index in [1.165, 1.54) is 11.3 Å². The zero-order valence-corrected chi connectivity index (χ0v) is 9.57. The van der Waals surface area contributed by atoms with Gasteiger partial charge in [0, 0.05) is 13.1 Å². The van der Waals surface area contributed by atoms with Crippen molar-refractivity contribution >= 4 is 23.2 Å². The van der Waals surface area contributed by atoms with Gasteiger partial charge < -0.3 is 10.0 Å². The highest BCUT2D eigenvalue weighted by Crippen LogP contribution is 2.20. The second-order valence-electron chi connectivity index (χ2n) is 3.91. The Morgan fingerprint density at radius 2 is 2.31 bits per heavy atom. The summed E-state index contributed by atoms with van der Waals surface area (Å²) in [7, 11) is 0. The van der Waals surface area contributed by atoms with Crippen molar-refractivity contribution in [1.82, 2.24) is 4.90 Å². The lowest BCUT2D eigenvalue weighted by Gasteiger charge is -2.30. The molecule has 0 saturated carbocycles. The van der Waals surface area contributed by atoms with Crippen molar-refractivity contribution in [2.75, 3.05) is 13.1 Å². The summed E-state index contributed by atoms with van der Waals surface area (Å²) in [4.78, 5) is 25.2. The lowest BCUT2D eigenvalue weighted by molar-refractivity contribution is -0.143. The lowest BCUT2D eigenvalue weighted by atomic mass is 9.98. The molecular weight excluding hydrogens is 226 g/mol. The minimum Gasteiger partial charge on any atom is -0.481 e. The van der Waals surface area contributed by atoms with Crippen LogP contribution in [0.25, 0.3) is 0 Å². The van der Waals surface area contributed by atoms with Crippen molar-refractivity contribution in [2.24, 2.45) is 5.92 Å². The Morgan fingerprint density at radius 1 is 1.50 bits per heavy atom. The number of likely N-dealkylation sites (tertiary alicyclic amines) is 1. The lowest BCUT2D eigenvalue weighted by Crippen LogP contribution is -2.42. The summed E-state index contributed by atoms with van der Waals surface area (Å²) in [5.41, 5.74) is 0. The van der Waals surface area contributed by atoms with Gasteiger partial charge in [0.1, 0.15) is 0 Å². The summed E-state index contributed by atoms with van der Waals surface area (Å²) in [5.74, 6) is -1.25. The summed E-state index contributed by atoms with van der Waals surface area (Å²) in [5, 5.41) is 10.8. The van der Waals surface area contributed by atoms with Crippen LogP contribution in [0.3, 0.4) is 0 Å². The molecule has 2 rings (SSSR count). The maximum Gasteiger partial charge on any atom is 0.308 e. The molecule has 1 atom stereocenters. The predicted octanol–water partition coefficient (Wildman–Crippen LogP) is 1.68. The number of rotatable bonds is 2. The van der Waals surface area contributed by atoms with Crippen molar-refractivity contribution < 1.29 is 14.7 Å². The number of hydrogen-bond donors (Lipinski definition) is 1. The highest BCUT2D eigenvalue weighted by Gasteiger charge is 2.28. The number of piperidine rings is 1. The summed E-state index contributed by atoms with van der Waals surface area (Å²) in [6, 6.07) is 3.61. The van der Waals surface area contributed by atoms with Crippen molar-refractivity contribution in [3.05, 3.63) is 22.4 Å². The number of carboxylic acids is 1. The highest BCUT2D eigenvalue weighted by atomic mass is 32.1. The minimum atomic E-state index is -0.802. The van der Waals surface area contributed by atoms with Crippen LogP contribution in [0.15, 0.2) is 17.5 Å². The number of carbonyl (C=O) groups is 2. The summed E-state index contributed by atoms with van der Waals surface area (Å²) in [6.07, 6.45) is 1.44. The Hall–Kier alpha value is -1.36. The number of thiophene rings is 1. The quantitative estimate of drug-likeness (QED) is 0.854. The number of carboxylic acid groups (broad SMARTS) is 1. The van der Waals surface area contributed by atoms with Crippen LogP contribution >= 0.6 is 11.3 Å². The second-order valence-corrected chi connectivity index (χ2v) is 4.85. The number of amides is 1. The van der Waals surface area contributed by atoms with Crippen LogP contribution in [-0.4, -0.2) is 35.0 Å². The first-order chi connectivity index (χ1) is 7.68. The van der Waals surface area contributed by atoms with Crippen molar-refractivity contribution in [2.45, 2.75) is 12.8 Å². The van der Waals surface area contributed by atoms with E-state index in [-0.39, 0.29) is 5.91 Å². The number of nitrogens with zero attached hydrogens (tertiary/aromatic N) is 1. The van der Waals surface area contributed by atoms with Crippen molar-refractivity contribution in [1.29, 1.82) is 0 Å². The third kappa shape index (κ3) is 2.24. The van der Waals surface area contributed by atoms with Gasteiger partial charge in [0.15, 0.2) is 0 Å². The third-order valence-electron chi connectivity index (χ3n) is 2.79. The molecule has 1 aliphatic rings. The van der Waals surface area contributed by atoms with Gasteiger partial charge in [0.05, 0.1) is 10.8 Å². The normalized spacial score (nSPS) is 20.8. The van der Waals surface area contributed by atoms with Crippen molar-refractivity contribution in [3.63, 3.8) is 0 Å². The van der Waals surface area contributed by atoms with Gasteiger partial charge in [-0.25, -0.2) is 0 Å². The first-order valence-corrected chi connectivity index (χ1v) is 6.12. The van der Waals surface area contributed by atoms with Crippen LogP contribution in [0.5, 0.6) is 0 Å². The average Bonchev–Trinajstić information content (AvgIpc) is 2.81. The fourth-order valence-corrected chi connectivity index (χ4v) is 2.61. The largest absolute Gasteiger partial charge is 0.481 e. The molecule has 2 heterocycles. The summed E-state index contributed by atoms with van der Waals surface area (Å²) < 4.78 is 0. The number of hydrogen-bond acceptors (Lipinski definition) is 3. The van der Waals surface area contributed by atoms with Gasteiger partial charge in [-0.1, -0.05) is 6.07 Å². The molecule has 16 heavy (non-hydrogen) atoms. The van der Waals surface area contributed by atoms with Gasteiger partial charge in [-0.3, -0.25) is 9.59 Å². The summed E-state index contributed by atoms with van der Waals surface area (Å²) in [6.45, 7) is 1.01. The Balaban J connectivity index is 2.05. The molecule has 0 radical (unpaired) electrons. The first kappa shape index (κ1) is 11.1. The molecule has 1 aromatic heterocycles. The standard InChI is InChI=1S/C11H13NO3S/c13-10(9-4-2-6-16-9)12-5-1-3-8(7-12)11(14)15/h2,4,6,8H,1,3,5,7H2,(H,14,15). The van der Waals surface area contributed by atoms with E-state index < -0.39 is 11.9 Å². The molecule has 1 unspecified atom stereocenters. The molecule has 0 bridgehead atoms. The zero-order valence-electron chi connectivity index (χ0n) is 8.76. The van der Waals surface area contributed by atoms with E-state index in [1.807, 2.05) is 11.4 Å². The monoisotopic (exact) mass is 239 g/mol.